The van der Waals surface area contributed by atoms with E-state index in [1.54, 1.807) is 7.11 Å². The Kier molecular flexibility index (Phi) is 3.42. The molecule has 1 aliphatic rings. The standard InChI is InChI=1S/C17H16O3/c1-19-16-8-3-2-5-13(16)11-15(18)14-7-4-6-12-9-10-20-17(12)14/h2-8H,9-11H2,1H3. The Bertz CT molecular complexity index is 646. The molecule has 0 aromatic heterocycles. The van der Waals surface area contributed by atoms with Crippen LogP contribution in [0.4, 0.5) is 0 Å². The monoisotopic (exact) mass is 268 g/mol. The first-order chi connectivity index (χ1) is 9.79. The molecule has 0 amide bonds. The molecule has 2 aromatic carbocycles. The molecule has 0 spiro atoms. The highest BCUT2D eigenvalue weighted by molar-refractivity contribution is 6.00. The SMILES string of the molecule is COc1ccccc1CC(=O)c1cccc2c1OCC2. The Hall–Kier alpha value is -2.29. The summed E-state index contributed by atoms with van der Waals surface area (Å²) in [5.74, 6) is 1.56. The van der Waals surface area contributed by atoms with Crippen LogP contribution in [0, 0.1) is 0 Å². The number of para-hydroxylation sites is 2. The summed E-state index contributed by atoms with van der Waals surface area (Å²) in [6.45, 7) is 0.661. The maximum Gasteiger partial charge on any atom is 0.171 e. The lowest BCUT2D eigenvalue weighted by Gasteiger charge is -2.09. The second-order valence-corrected chi connectivity index (χ2v) is 4.80. The van der Waals surface area contributed by atoms with Gasteiger partial charge in [0.05, 0.1) is 19.3 Å². The molecule has 0 saturated carbocycles. The van der Waals surface area contributed by atoms with Crippen molar-refractivity contribution in [1.29, 1.82) is 0 Å². The van der Waals surface area contributed by atoms with Gasteiger partial charge in [0.2, 0.25) is 0 Å². The highest BCUT2D eigenvalue weighted by Crippen LogP contribution is 2.31. The third-order valence-corrected chi connectivity index (χ3v) is 3.56. The minimum absolute atomic E-state index is 0.0632. The fraction of sp³-hybridized carbons (Fsp3) is 0.235. The number of carbonyl (C=O) groups is 1. The number of ether oxygens (including phenoxy) is 2. The van der Waals surface area contributed by atoms with E-state index in [-0.39, 0.29) is 5.78 Å². The number of hydrogen-bond acceptors (Lipinski definition) is 3. The molecule has 0 bridgehead atoms. The number of ketones is 1. The van der Waals surface area contributed by atoms with Crippen LogP contribution >= 0.6 is 0 Å². The molecule has 1 aliphatic heterocycles. The summed E-state index contributed by atoms with van der Waals surface area (Å²) >= 11 is 0. The average Bonchev–Trinajstić information content (AvgIpc) is 2.96. The molecule has 0 aliphatic carbocycles. The predicted molar refractivity (Wildman–Crippen MR) is 76.7 cm³/mol. The largest absolute Gasteiger partial charge is 0.496 e. The smallest absolute Gasteiger partial charge is 0.171 e. The lowest BCUT2D eigenvalue weighted by Crippen LogP contribution is -2.06. The summed E-state index contributed by atoms with van der Waals surface area (Å²) < 4.78 is 10.9. The van der Waals surface area contributed by atoms with Crippen molar-refractivity contribution in [1.82, 2.24) is 0 Å². The molecular weight excluding hydrogens is 252 g/mol. The van der Waals surface area contributed by atoms with Crippen molar-refractivity contribution in [2.45, 2.75) is 12.8 Å². The first kappa shape index (κ1) is 12.7. The van der Waals surface area contributed by atoms with E-state index < -0.39 is 0 Å². The van der Waals surface area contributed by atoms with E-state index >= 15 is 0 Å². The zero-order valence-corrected chi connectivity index (χ0v) is 11.4. The van der Waals surface area contributed by atoms with Crippen LogP contribution in [0.1, 0.15) is 21.5 Å². The molecule has 3 rings (SSSR count). The number of Topliss-reactive ketones (excluding diaryl/α,β-unsaturated/α-hetero) is 1. The molecule has 2 aromatic rings. The van der Waals surface area contributed by atoms with Crippen molar-refractivity contribution in [3.05, 3.63) is 59.2 Å². The first-order valence-electron chi connectivity index (χ1n) is 6.69. The number of rotatable bonds is 4. The van der Waals surface area contributed by atoms with Crippen LogP contribution in [0.2, 0.25) is 0 Å². The summed E-state index contributed by atoms with van der Waals surface area (Å²) in [4.78, 5) is 12.5. The molecule has 3 nitrogen and oxygen atoms in total. The molecule has 1 heterocycles. The number of hydrogen-bond donors (Lipinski definition) is 0. The van der Waals surface area contributed by atoms with Crippen molar-refractivity contribution < 1.29 is 14.3 Å². The lowest BCUT2D eigenvalue weighted by molar-refractivity contribution is 0.0989. The molecule has 0 N–H and O–H groups in total. The van der Waals surface area contributed by atoms with Gasteiger partial charge >= 0.3 is 0 Å². The Balaban J connectivity index is 1.89. The minimum atomic E-state index is 0.0632. The van der Waals surface area contributed by atoms with E-state index in [4.69, 9.17) is 9.47 Å². The van der Waals surface area contributed by atoms with Crippen molar-refractivity contribution >= 4 is 5.78 Å². The summed E-state index contributed by atoms with van der Waals surface area (Å²) in [5, 5.41) is 0. The van der Waals surface area contributed by atoms with Crippen LogP contribution in [0.3, 0.4) is 0 Å². The highest BCUT2D eigenvalue weighted by Gasteiger charge is 2.21. The summed E-state index contributed by atoms with van der Waals surface area (Å²) in [7, 11) is 1.62. The molecule has 0 fully saturated rings. The fourth-order valence-electron chi connectivity index (χ4n) is 2.55. The Labute approximate surface area is 118 Å². The van der Waals surface area contributed by atoms with Crippen LogP contribution in [0.15, 0.2) is 42.5 Å². The molecule has 3 heteroatoms. The Morgan fingerprint density at radius 3 is 2.90 bits per heavy atom. The Morgan fingerprint density at radius 1 is 1.20 bits per heavy atom. The van der Waals surface area contributed by atoms with E-state index in [0.29, 0.717) is 18.6 Å². The van der Waals surface area contributed by atoms with Crippen LogP contribution < -0.4 is 9.47 Å². The third kappa shape index (κ3) is 2.27. The topological polar surface area (TPSA) is 35.5 Å². The maximum atomic E-state index is 12.5. The normalized spacial score (nSPS) is 12.7. The van der Waals surface area contributed by atoms with Gasteiger partial charge in [-0.1, -0.05) is 30.3 Å². The van der Waals surface area contributed by atoms with Crippen LogP contribution in [-0.4, -0.2) is 19.5 Å². The summed E-state index contributed by atoms with van der Waals surface area (Å²) in [6.07, 6.45) is 1.20. The quantitative estimate of drug-likeness (QED) is 0.799. The van der Waals surface area contributed by atoms with Gasteiger partial charge in [-0.3, -0.25) is 4.79 Å². The zero-order valence-electron chi connectivity index (χ0n) is 11.4. The van der Waals surface area contributed by atoms with Gasteiger partial charge in [-0.2, -0.15) is 0 Å². The number of fused-ring (bicyclic) bond motifs is 1. The van der Waals surface area contributed by atoms with E-state index in [0.717, 1.165) is 29.0 Å². The van der Waals surface area contributed by atoms with Gasteiger partial charge < -0.3 is 9.47 Å². The van der Waals surface area contributed by atoms with Crippen molar-refractivity contribution in [3.8, 4) is 11.5 Å². The molecule has 0 radical (unpaired) electrons. The average molecular weight is 268 g/mol. The number of benzene rings is 2. The third-order valence-electron chi connectivity index (χ3n) is 3.56. The molecule has 0 unspecified atom stereocenters. The number of methoxy groups -OCH3 is 1. The van der Waals surface area contributed by atoms with E-state index in [1.165, 1.54) is 0 Å². The highest BCUT2D eigenvalue weighted by atomic mass is 16.5. The molecular formula is C17H16O3. The van der Waals surface area contributed by atoms with E-state index in [2.05, 4.69) is 0 Å². The second kappa shape index (κ2) is 5.37. The molecule has 0 saturated heterocycles. The molecule has 102 valence electrons. The predicted octanol–water partition coefficient (Wildman–Crippen LogP) is 3.06. The first-order valence-corrected chi connectivity index (χ1v) is 6.69. The van der Waals surface area contributed by atoms with Crippen molar-refractivity contribution in [2.75, 3.05) is 13.7 Å². The fourth-order valence-corrected chi connectivity index (χ4v) is 2.55. The minimum Gasteiger partial charge on any atom is -0.496 e. The summed E-state index contributed by atoms with van der Waals surface area (Å²) in [6, 6.07) is 13.4. The van der Waals surface area contributed by atoms with E-state index in [9.17, 15) is 4.79 Å². The van der Waals surface area contributed by atoms with Gasteiger partial charge in [0, 0.05) is 18.4 Å². The van der Waals surface area contributed by atoms with Crippen LogP contribution in [0.5, 0.6) is 11.5 Å². The lowest BCUT2D eigenvalue weighted by atomic mass is 9.99. The van der Waals surface area contributed by atoms with Gasteiger partial charge in [-0.25, -0.2) is 0 Å². The van der Waals surface area contributed by atoms with Gasteiger partial charge in [0.1, 0.15) is 11.5 Å². The van der Waals surface area contributed by atoms with Gasteiger partial charge in [-0.15, -0.1) is 0 Å². The van der Waals surface area contributed by atoms with Crippen molar-refractivity contribution in [2.24, 2.45) is 0 Å². The van der Waals surface area contributed by atoms with Gasteiger partial charge in [-0.05, 0) is 17.7 Å². The van der Waals surface area contributed by atoms with Crippen molar-refractivity contribution in [3.63, 3.8) is 0 Å². The second-order valence-electron chi connectivity index (χ2n) is 4.80. The molecule has 20 heavy (non-hydrogen) atoms. The maximum absolute atomic E-state index is 12.5. The van der Waals surface area contributed by atoms with E-state index in [1.807, 2.05) is 42.5 Å². The Morgan fingerprint density at radius 2 is 2.05 bits per heavy atom. The van der Waals surface area contributed by atoms with Crippen LogP contribution in [0.25, 0.3) is 0 Å². The summed E-state index contributed by atoms with van der Waals surface area (Å²) in [5.41, 5.74) is 2.69. The zero-order chi connectivity index (χ0) is 13.9. The molecule has 0 atom stereocenters. The van der Waals surface area contributed by atoms with Gasteiger partial charge in [0.25, 0.3) is 0 Å². The number of carbonyl (C=O) groups excluding carboxylic acids is 1. The van der Waals surface area contributed by atoms with Crippen LogP contribution in [-0.2, 0) is 12.8 Å². The van der Waals surface area contributed by atoms with Gasteiger partial charge in [0.15, 0.2) is 5.78 Å².